The molecule has 118 valence electrons. The van der Waals surface area contributed by atoms with Crippen molar-refractivity contribution in [1.82, 2.24) is 9.62 Å². The maximum Gasteiger partial charge on any atom is 0.290 e. The van der Waals surface area contributed by atoms with Crippen LogP contribution < -0.4 is 5.32 Å². The van der Waals surface area contributed by atoms with Crippen molar-refractivity contribution in [3.8, 4) is 0 Å². The zero-order chi connectivity index (χ0) is 14.9. The van der Waals surface area contributed by atoms with Crippen molar-refractivity contribution in [1.29, 1.82) is 0 Å². The smallest absolute Gasteiger partial charge is 0.290 e. The van der Waals surface area contributed by atoms with Crippen LogP contribution >= 0.6 is 24.0 Å². The molecule has 0 amide bonds. The molecule has 2 rings (SSSR count). The van der Waals surface area contributed by atoms with Gasteiger partial charge >= 0.3 is 0 Å². The average Bonchev–Trinajstić information content (AvgIpc) is 2.38. The highest BCUT2D eigenvalue weighted by molar-refractivity contribution is 7.89. The Morgan fingerprint density at radius 3 is 2.71 bits per heavy atom. The first-order chi connectivity index (χ1) is 9.35. The maximum absolute atomic E-state index is 12.7. The fourth-order valence-electron chi connectivity index (χ4n) is 2.19. The zero-order valence-electron chi connectivity index (χ0n) is 11.2. The molecule has 7 nitrogen and oxygen atoms in total. The fourth-order valence-corrected chi connectivity index (χ4v) is 4.49. The average molecular weight is 356 g/mol. The second kappa shape index (κ2) is 6.89. The summed E-state index contributed by atoms with van der Waals surface area (Å²) in [6.07, 6.45) is 0. The molecule has 1 aliphatic heterocycles. The van der Waals surface area contributed by atoms with Gasteiger partial charge in [-0.25, -0.2) is 8.42 Å². The second-order valence-corrected chi connectivity index (χ2v) is 6.75. The summed E-state index contributed by atoms with van der Waals surface area (Å²) in [7, 11) is -4.00. The van der Waals surface area contributed by atoms with Crippen LogP contribution in [-0.4, -0.2) is 43.3 Å². The van der Waals surface area contributed by atoms with Gasteiger partial charge in [-0.05, 0) is 13.0 Å². The highest BCUT2D eigenvalue weighted by atomic mass is 35.5. The highest BCUT2D eigenvalue weighted by Crippen LogP contribution is 2.34. The standard InChI is InChI=1S/C11H14ClN3O4S.ClH/c1-8-7-13-5-6-14(8)20(18,19)11-9(12)3-2-4-10(11)15(16)17;/h2-4,8,13H,5-7H2,1H3;1H. The first kappa shape index (κ1) is 18.1. The molecule has 0 spiro atoms. The fraction of sp³-hybridized carbons (Fsp3) is 0.455. The van der Waals surface area contributed by atoms with Crippen molar-refractivity contribution in [2.75, 3.05) is 19.6 Å². The summed E-state index contributed by atoms with van der Waals surface area (Å²) < 4.78 is 26.6. The summed E-state index contributed by atoms with van der Waals surface area (Å²) in [5.74, 6) is 0. The van der Waals surface area contributed by atoms with Crippen LogP contribution in [0.15, 0.2) is 23.1 Å². The molecule has 1 unspecified atom stereocenters. The number of nitro groups is 1. The van der Waals surface area contributed by atoms with Crippen LogP contribution in [0.3, 0.4) is 0 Å². The van der Waals surface area contributed by atoms with Gasteiger partial charge in [0.1, 0.15) is 0 Å². The summed E-state index contributed by atoms with van der Waals surface area (Å²) in [5.41, 5.74) is -0.497. The number of hydrogen-bond donors (Lipinski definition) is 1. The quantitative estimate of drug-likeness (QED) is 0.657. The van der Waals surface area contributed by atoms with Gasteiger partial charge in [0.05, 0.1) is 9.95 Å². The van der Waals surface area contributed by atoms with Crippen molar-refractivity contribution in [2.24, 2.45) is 0 Å². The molecule has 1 aromatic carbocycles. The number of sulfonamides is 1. The van der Waals surface area contributed by atoms with Crippen LogP contribution in [0, 0.1) is 10.1 Å². The van der Waals surface area contributed by atoms with Gasteiger partial charge in [0, 0.05) is 31.7 Å². The van der Waals surface area contributed by atoms with Crippen molar-refractivity contribution < 1.29 is 13.3 Å². The monoisotopic (exact) mass is 355 g/mol. The lowest BCUT2D eigenvalue weighted by molar-refractivity contribution is -0.387. The van der Waals surface area contributed by atoms with Crippen LogP contribution in [-0.2, 0) is 10.0 Å². The van der Waals surface area contributed by atoms with E-state index < -0.39 is 25.5 Å². The normalized spacial score (nSPS) is 19.8. The van der Waals surface area contributed by atoms with Crippen LogP contribution in [0.5, 0.6) is 0 Å². The number of halogens is 2. The maximum atomic E-state index is 12.7. The van der Waals surface area contributed by atoms with Gasteiger partial charge in [0.2, 0.25) is 0 Å². The summed E-state index contributed by atoms with van der Waals surface area (Å²) in [5, 5.41) is 14.0. The molecule has 1 aliphatic rings. The summed E-state index contributed by atoms with van der Waals surface area (Å²) in [4.78, 5) is 9.88. The van der Waals surface area contributed by atoms with Gasteiger partial charge in [0.25, 0.3) is 15.7 Å². The lowest BCUT2D eigenvalue weighted by atomic mass is 10.3. The third-order valence-electron chi connectivity index (χ3n) is 3.15. The Bertz CT molecular complexity index is 638. The Morgan fingerprint density at radius 2 is 2.14 bits per heavy atom. The number of hydrogen-bond acceptors (Lipinski definition) is 5. The van der Waals surface area contributed by atoms with E-state index in [2.05, 4.69) is 5.32 Å². The Labute approximate surface area is 133 Å². The molecule has 0 saturated carbocycles. The molecule has 1 saturated heterocycles. The van der Waals surface area contributed by atoms with E-state index in [0.717, 1.165) is 6.07 Å². The van der Waals surface area contributed by atoms with E-state index in [0.29, 0.717) is 13.1 Å². The van der Waals surface area contributed by atoms with Gasteiger partial charge in [-0.1, -0.05) is 17.7 Å². The SMILES string of the molecule is CC1CNCCN1S(=O)(=O)c1c(Cl)cccc1[N+](=O)[O-].Cl. The van der Waals surface area contributed by atoms with Crippen molar-refractivity contribution in [3.05, 3.63) is 33.3 Å². The van der Waals surface area contributed by atoms with Gasteiger partial charge in [0.15, 0.2) is 4.90 Å². The topological polar surface area (TPSA) is 92.6 Å². The van der Waals surface area contributed by atoms with Crippen LogP contribution in [0.4, 0.5) is 5.69 Å². The Morgan fingerprint density at radius 1 is 1.48 bits per heavy atom. The number of rotatable bonds is 3. The molecule has 0 radical (unpaired) electrons. The number of nitro benzene ring substituents is 1. The van der Waals surface area contributed by atoms with Crippen molar-refractivity contribution in [3.63, 3.8) is 0 Å². The van der Waals surface area contributed by atoms with Gasteiger partial charge in [-0.2, -0.15) is 4.31 Å². The molecule has 0 aliphatic carbocycles. The molecule has 0 bridgehead atoms. The Balaban J connectivity index is 0.00000220. The summed E-state index contributed by atoms with van der Waals surface area (Å²) in [6, 6.07) is 3.56. The Hall–Kier alpha value is -0.930. The van der Waals surface area contributed by atoms with E-state index in [4.69, 9.17) is 11.6 Å². The molecule has 0 aromatic heterocycles. The largest absolute Gasteiger partial charge is 0.314 e. The van der Waals surface area contributed by atoms with Gasteiger partial charge < -0.3 is 5.32 Å². The van der Waals surface area contributed by atoms with E-state index >= 15 is 0 Å². The third kappa shape index (κ3) is 3.46. The third-order valence-corrected chi connectivity index (χ3v) is 5.68. The second-order valence-electron chi connectivity index (χ2n) is 4.51. The van der Waals surface area contributed by atoms with E-state index in [1.807, 2.05) is 0 Å². The number of piperazine rings is 1. The molecule has 1 aromatic rings. The molecule has 10 heteroatoms. The van der Waals surface area contributed by atoms with Crippen LogP contribution in [0.1, 0.15) is 6.92 Å². The lowest BCUT2D eigenvalue weighted by Crippen LogP contribution is -2.52. The van der Waals surface area contributed by atoms with Crippen LogP contribution in [0.2, 0.25) is 5.02 Å². The zero-order valence-corrected chi connectivity index (χ0v) is 13.5. The number of benzene rings is 1. The molecular weight excluding hydrogens is 341 g/mol. The van der Waals surface area contributed by atoms with Crippen molar-refractivity contribution >= 4 is 39.7 Å². The minimum absolute atomic E-state index is 0. The lowest BCUT2D eigenvalue weighted by Gasteiger charge is -2.32. The van der Waals surface area contributed by atoms with Crippen LogP contribution in [0.25, 0.3) is 0 Å². The molecule has 21 heavy (non-hydrogen) atoms. The van der Waals surface area contributed by atoms with E-state index in [1.54, 1.807) is 6.92 Å². The van der Waals surface area contributed by atoms with E-state index in [1.165, 1.54) is 16.4 Å². The molecular formula is C11H15Cl2N3O4S. The molecule has 1 N–H and O–H groups in total. The predicted octanol–water partition coefficient (Wildman–Crippen LogP) is 1.65. The number of nitrogens with one attached hydrogen (secondary N) is 1. The van der Waals surface area contributed by atoms with Gasteiger partial charge in [-0.15, -0.1) is 12.4 Å². The van der Waals surface area contributed by atoms with E-state index in [-0.39, 0.29) is 30.0 Å². The Kier molecular flexibility index (Phi) is 5.94. The number of nitrogens with zero attached hydrogens (tertiary/aromatic N) is 2. The molecule has 1 atom stereocenters. The first-order valence-electron chi connectivity index (χ1n) is 6.01. The molecule has 1 heterocycles. The predicted molar refractivity (Wildman–Crippen MR) is 81.6 cm³/mol. The first-order valence-corrected chi connectivity index (χ1v) is 7.83. The van der Waals surface area contributed by atoms with Gasteiger partial charge in [-0.3, -0.25) is 10.1 Å². The summed E-state index contributed by atoms with van der Waals surface area (Å²) >= 11 is 5.90. The van der Waals surface area contributed by atoms with E-state index in [9.17, 15) is 18.5 Å². The highest BCUT2D eigenvalue weighted by Gasteiger charge is 2.37. The summed E-state index contributed by atoms with van der Waals surface area (Å²) in [6.45, 7) is 3.00. The molecule has 1 fully saturated rings. The van der Waals surface area contributed by atoms with Crippen molar-refractivity contribution in [2.45, 2.75) is 17.9 Å². The minimum atomic E-state index is -4.00. The minimum Gasteiger partial charge on any atom is -0.314 e.